The molecule has 2 aromatic carbocycles. The van der Waals surface area contributed by atoms with Crippen LogP contribution in [0.2, 0.25) is 0 Å². The molecular weight excluding hydrogens is 314 g/mol. The molecule has 0 saturated heterocycles. The first kappa shape index (κ1) is 13.5. The molecule has 0 fully saturated rings. The largest absolute Gasteiger partial charge is 0.478 e. The van der Waals surface area contributed by atoms with Gasteiger partial charge in [-0.2, -0.15) is 4.68 Å². The first-order valence-corrected chi connectivity index (χ1v) is 7.55. The van der Waals surface area contributed by atoms with Gasteiger partial charge in [-0.05, 0) is 45.8 Å². The number of nitrogens with zero attached hydrogens (tertiary/aromatic N) is 5. The molecule has 4 aromatic rings. The van der Waals surface area contributed by atoms with Crippen LogP contribution in [0.4, 0.5) is 0 Å². The van der Waals surface area contributed by atoms with Crippen molar-refractivity contribution in [2.24, 2.45) is 0 Å². The molecule has 0 unspecified atom stereocenters. The summed E-state index contributed by atoms with van der Waals surface area (Å²) in [6, 6.07) is 11.0. The highest BCUT2D eigenvalue weighted by molar-refractivity contribution is 7.16. The van der Waals surface area contributed by atoms with E-state index in [9.17, 15) is 9.90 Å². The van der Waals surface area contributed by atoms with Crippen molar-refractivity contribution in [2.45, 2.75) is 0 Å². The number of benzene rings is 2. The van der Waals surface area contributed by atoms with Crippen LogP contribution in [0.25, 0.3) is 27.0 Å². The van der Waals surface area contributed by atoms with Gasteiger partial charge in [0.25, 0.3) is 0 Å². The SMILES string of the molecule is O=C(O)c1ccc(-c2ccc3scnc3c2)cc1-n1cnnn1. The van der Waals surface area contributed by atoms with Gasteiger partial charge in [0.15, 0.2) is 0 Å². The molecule has 112 valence electrons. The Kier molecular flexibility index (Phi) is 3.09. The maximum absolute atomic E-state index is 11.4. The van der Waals surface area contributed by atoms with E-state index >= 15 is 0 Å². The lowest BCUT2D eigenvalue weighted by Gasteiger charge is -2.08. The highest BCUT2D eigenvalue weighted by Gasteiger charge is 2.14. The Bertz CT molecular complexity index is 1010. The molecule has 0 aliphatic carbocycles. The Hall–Kier alpha value is -3.13. The first-order valence-electron chi connectivity index (χ1n) is 6.67. The Labute approximate surface area is 133 Å². The van der Waals surface area contributed by atoms with Gasteiger partial charge in [0.2, 0.25) is 0 Å². The Morgan fingerprint density at radius 1 is 1.13 bits per heavy atom. The molecule has 0 aliphatic rings. The summed E-state index contributed by atoms with van der Waals surface area (Å²) < 4.78 is 2.45. The van der Waals surface area contributed by atoms with Gasteiger partial charge < -0.3 is 5.11 Å². The van der Waals surface area contributed by atoms with Crippen LogP contribution in [0.1, 0.15) is 10.4 Å². The molecule has 23 heavy (non-hydrogen) atoms. The molecule has 2 aromatic heterocycles. The summed E-state index contributed by atoms with van der Waals surface area (Å²) in [4.78, 5) is 15.7. The lowest BCUT2D eigenvalue weighted by Crippen LogP contribution is -2.06. The van der Waals surface area contributed by atoms with Gasteiger partial charge in [0.1, 0.15) is 6.33 Å². The van der Waals surface area contributed by atoms with E-state index in [1.54, 1.807) is 35.0 Å². The normalized spacial score (nSPS) is 11.0. The van der Waals surface area contributed by atoms with Crippen molar-refractivity contribution in [3.63, 3.8) is 0 Å². The van der Waals surface area contributed by atoms with Crippen LogP contribution in [-0.4, -0.2) is 36.3 Å². The average molecular weight is 323 g/mol. The van der Waals surface area contributed by atoms with Crippen molar-refractivity contribution in [1.82, 2.24) is 25.2 Å². The first-order chi connectivity index (χ1) is 11.2. The van der Waals surface area contributed by atoms with Crippen molar-refractivity contribution >= 4 is 27.5 Å². The summed E-state index contributed by atoms with van der Waals surface area (Å²) in [6.07, 6.45) is 1.37. The molecule has 0 radical (unpaired) electrons. The molecule has 4 rings (SSSR count). The smallest absolute Gasteiger partial charge is 0.337 e. The van der Waals surface area contributed by atoms with E-state index in [1.165, 1.54) is 11.0 Å². The van der Waals surface area contributed by atoms with Crippen molar-refractivity contribution in [2.75, 3.05) is 0 Å². The third-order valence-corrected chi connectivity index (χ3v) is 4.30. The number of aromatic carboxylic acids is 1. The minimum atomic E-state index is -1.03. The molecule has 2 heterocycles. The molecule has 0 amide bonds. The highest BCUT2D eigenvalue weighted by Crippen LogP contribution is 2.28. The minimum absolute atomic E-state index is 0.135. The van der Waals surface area contributed by atoms with Crippen LogP contribution < -0.4 is 0 Å². The second kappa shape index (κ2) is 5.25. The molecule has 1 N–H and O–H groups in total. The van der Waals surface area contributed by atoms with E-state index in [2.05, 4.69) is 20.5 Å². The fourth-order valence-corrected chi connectivity index (χ4v) is 3.05. The van der Waals surface area contributed by atoms with Crippen LogP contribution >= 0.6 is 11.3 Å². The summed E-state index contributed by atoms with van der Waals surface area (Å²) in [7, 11) is 0. The van der Waals surface area contributed by atoms with Crippen molar-refractivity contribution in [3.8, 4) is 16.8 Å². The van der Waals surface area contributed by atoms with Gasteiger partial charge in [-0.3, -0.25) is 0 Å². The second-order valence-corrected chi connectivity index (χ2v) is 5.71. The van der Waals surface area contributed by atoms with Crippen LogP contribution in [0.5, 0.6) is 0 Å². The number of tetrazole rings is 1. The number of carboxylic acids is 1. The number of thiazole rings is 1. The lowest BCUT2D eigenvalue weighted by molar-refractivity contribution is 0.0696. The summed E-state index contributed by atoms with van der Waals surface area (Å²) in [6.45, 7) is 0. The van der Waals surface area contributed by atoms with Gasteiger partial charge in [-0.15, -0.1) is 16.4 Å². The van der Waals surface area contributed by atoms with Gasteiger partial charge in [-0.1, -0.05) is 12.1 Å². The summed E-state index contributed by atoms with van der Waals surface area (Å²) in [5.41, 5.74) is 5.09. The second-order valence-electron chi connectivity index (χ2n) is 4.83. The van der Waals surface area contributed by atoms with E-state index in [4.69, 9.17) is 0 Å². The lowest BCUT2D eigenvalue weighted by atomic mass is 10.0. The standard InChI is InChI=1S/C15H9N5O2S/c21-15(22)11-3-1-10(6-13(11)20-7-17-18-19-20)9-2-4-14-12(5-9)16-8-23-14/h1-8H,(H,21,22). The molecule has 0 saturated carbocycles. The predicted octanol–water partition coefficient (Wildman–Crippen LogP) is 2.64. The third-order valence-electron chi connectivity index (χ3n) is 3.49. The van der Waals surface area contributed by atoms with E-state index in [-0.39, 0.29) is 5.56 Å². The Morgan fingerprint density at radius 2 is 1.96 bits per heavy atom. The molecule has 0 aliphatic heterocycles. The van der Waals surface area contributed by atoms with Gasteiger partial charge in [0.05, 0.1) is 27.0 Å². The fourth-order valence-electron chi connectivity index (χ4n) is 2.39. The fraction of sp³-hybridized carbons (Fsp3) is 0. The average Bonchev–Trinajstić information content (AvgIpc) is 3.25. The molecule has 0 bridgehead atoms. The van der Waals surface area contributed by atoms with Crippen molar-refractivity contribution in [3.05, 3.63) is 53.8 Å². The number of hydrogen-bond donors (Lipinski definition) is 1. The number of hydrogen-bond acceptors (Lipinski definition) is 6. The van der Waals surface area contributed by atoms with Gasteiger partial charge in [0, 0.05) is 0 Å². The van der Waals surface area contributed by atoms with E-state index in [0.29, 0.717) is 5.69 Å². The zero-order chi connectivity index (χ0) is 15.8. The minimum Gasteiger partial charge on any atom is -0.478 e. The summed E-state index contributed by atoms with van der Waals surface area (Å²) in [5.74, 6) is -1.03. The Morgan fingerprint density at radius 3 is 2.74 bits per heavy atom. The van der Waals surface area contributed by atoms with Crippen molar-refractivity contribution < 1.29 is 9.90 Å². The number of carboxylic acid groups (broad SMARTS) is 1. The van der Waals surface area contributed by atoms with Crippen LogP contribution in [-0.2, 0) is 0 Å². The van der Waals surface area contributed by atoms with Gasteiger partial charge >= 0.3 is 5.97 Å². The Balaban J connectivity index is 1.89. The number of aromatic nitrogens is 5. The van der Waals surface area contributed by atoms with E-state index < -0.39 is 5.97 Å². The maximum Gasteiger partial charge on any atom is 0.337 e. The molecule has 0 atom stereocenters. The quantitative estimate of drug-likeness (QED) is 0.623. The van der Waals surface area contributed by atoms with Crippen molar-refractivity contribution in [1.29, 1.82) is 0 Å². The highest BCUT2D eigenvalue weighted by atomic mass is 32.1. The molecule has 0 spiro atoms. The van der Waals surface area contributed by atoms with Crippen LogP contribution in [0.15, 0.2) is 48.2 Å². The van der Waals surface area contributed by atoms with Crippen LogP contribution in [0.3, 0.4) is 0 Å². The zero-order valence-electron chi connectivity index (χ0n) is 11.6. The van der Waals surface area contributed by atoms with E-state index in [1.807, 2.05) is 18.2 Å². The monoisotopic (exact) mass is 323 g/mol. The molecular formula is C15H9N5O2S. The van der Waals surface area contributed by atoms with Crippen LogP contribution in [0, 0.1) is 0 Å². The van der Waals surface area contributed by atoms with Gasteiger partial charge in [-0.25, -0.2) is 9.78 Å². The number of fused-ring (bicyclic) bond motifs is 1. The summed E-state index contributed by atoms with van der Waals surface area (Å²) in [5, 5.41) is 20.3. The molecule has 8 heteroatoms. The number of rotatable bonds is 3. The van der Waals surface area contributed by atoms with E-state index in [0.717, 1.165) is 21.3 Å². The topological polar surface area (TPSA) is 93.8 Å². The molecule has 7 nitrogen and oxygen atoms in total. The predicted molar refractivity (Wildman–Crippen MR) is 84.7 cm³/mol. The zero-order valence-corrected chi connectivity index (χ0v) is 12.4. The summed E-state index contributed by atoms with van der Waals surface area (Å²) >= 11 is 1.58. The third kappa shape index (κ3) is 2.34. The maximum atomic E-state index is 11.4. The number of carbonyl (C=O) groups is 1.